The van der Waals surface area contributed by atoms with Crippen LogP contribution in [0.2, 0.25) is 10.0 Å². The van der Waals surface area contributed by atoms with Gasteiger partial charge in [0.1, 0.15) is 16.2 Å². The maximum atomic E-state index is 10.1. The molecule has 0 amide bonds. The molecule has 1 atom stereocenters. The van der Waals surface area contributed by atoms with Crippen molar-refractivity contribution in [2.24, 2.45) is 0 Å². The number of rotatable bonds is 1. The molecule has 2 aromatic rings. The molecule has 0 aliphatic carbocycles. The lowest BCUT2D eigenvalue weighted by Crippen LogP contribution is -2.24. The number of benzene rings is 1. The quantitative estimate of drug-likeness (QED) is 0.827. The van der Waals surface area contributed by atoms with Gasteiger partial charge in [-0.1, -0.05) is 30.1 Å². The summed E-state index contributed by atoms with van der Waals surface area (Å²) in [7, 11) is 0. The van der Waals surface area contributed by atoms with Gasteiger partial charge >= 0.3 is 0 Å². The topological polar surface area (TPSA) is 38.1 Å². The highest BCUT2D eigenvalue weighted by Gasteiger charge is 2.39. The van der Waals surface area contributed by atoms with Crippen LogP contribution in [0.25, 0.3) is 0 Å². The van der Waals surface area contributed by atoms with Crippen molar-refractivity contribution in [1.29, 1.82) is 0 Å². The van der Waals surface area contributed by atoms with Crippen LogP contribution in [0.4, 0.5) is 0 Å². The van der Waals surface area contributed by atoms with Crippen LogP contribution in [0.1, 0.15) is 18.3 Å². The van der Waals surface area contributed by atoms with Crippen LogP contribution >= 0.6 is 39.1 Å². The fourth-order valence-corrected chi connectivity index (χ4v) is 3.76. The van der Waals surface area contributed by atoms with Crippen LogP contribution in [-0.4, -0.2) is 14.7 Å². The van der Waals surface area contributed by atoms with Crippen molar-refractivity contribution in [3.05, 3.63) is 44.4 Å². The monoisotopic (exact) mass is 360 g/mol. The number of halogens is 3. The van der Waals surface area contributed by atoms with Crippen molar-refractivity contribution < 1.29 is 5.11 Å². The molecule has 3 nitrogen and oxygen atoms in total. The molecule has 1 aromatic carbocycles. The Kier molecular flexibility index (Phi) is 3.08. The second-order valence-electron chi connectivity index (χ2n) is 5.10. The number of hydrogen-bond acceptors (Lipinski definition) is 2. The zero-order chi connectivity index (χ0) is 13.8. The number of hydrogen-bond donors (Lipinski definition) is 1. The van der Waals surface area contributed by atoms with Crippen LogP contribution in [0.3, 0.4) is 0 Å². The Morgan fingerprint density at radius 2 is 2.16 bits per heavy atom. The molecule has 0 saturated carbocycles. The first kappa shape index (κ1) is 13.3. The van der Waals surface area contributed by atoms with E-state index in [0.717, 1.165) is 10.4 Å². The van der Waals surface area contributed by atoms with Crippen molar-refractivity contribution in [2.45, 2.75) is 25.3 Å². The van der Waals surface area contributed by atoms with Gasteiger partial charge in [0.25, 0.3) is 0 Å². The molecule has 0 bridgehead atoms. The van der Waals surface area contributed by atoms with Crippen LogP contribution in [0.5, 0.6) is 5.75 Å². The second-order valence-corrected chi connectivity index (χ2v) is 6.70. The average Bonchev–Trinajstić information content (AvgIpc) is 2.77. The fourth-order valence-electron chi connectivity index (χ4n) is 2.76. The molecule has 2 heterocycles. The molecule has 0 fully saturated rings. The Balaban J connectivity index is 2.09. The predicted octanol–water partition coefficient (Wildman–Crippen LogP) is 4.17. The maximum absolute atomic E-state index is 10.1. The third-order valence-electron chi connectivity index (χ3n) is 3.57. The zero-order valence-corrected chi connectivity index (χ0v) is 13.2. The molecule has 1 aliphatic rings. The molecular formula is C13H11BrCl2N2O. The standard InChI is InChI=1S/C13H11BrCl2N2O/c1-13(4-10-17-9(14)5-18(10)6-13)11-8(19)3-2-7(15)12(11)16/h2-3,5,19H,4,6H2,1H3. The number of phenolic OH excluding ortho intramolecular Hbond substituents is 1. The molecule has 0 saturated heterocycles. The number of aromatic hydroxyl groups is 1. The molecule has 1 N–H and O–H groups in total. The van der Waals surface area contributed by atoms with Gasteiger partial charge in [0.2, 0.25) is 0 Å². The van der Waals surface area contributed by atoms with E-state index < -0.39 is 0 Å². The molecule has 1 unspecified atom stereocenters. The van der Waals surface area contributed by atoms with E-state index in [4.69, 9.17) is 23.2 Å². The molecule has 0 radical (unpaired) electrons. The number of fused-ring (bicyclic) bond motifs is 1. The van der Waals surface area contributed by atoms with E-state index >= 15 is 0 Å². The van der Waals surface area contributed by atoms with Crippen molar-refractivity contribution in [2.75, 3.05) is 0 Å². The van der Waals surface area contributed by atoms with Gasteiger partial charge in [-0.25, -0.2) is 4.98 Å². The van der Waals surface area contributed by atoms with Crippen molar-refractivity contribution >= 4 is 39.1 Å². The van der Waals surface area contributed by atoms with Gasteiger partial charge in [-0.15, -0.1) is 0 Å². The molecule has 6 heteroatoms. The highest BCUT2D eigenvalue weighted by molar-refractivity contribution is 9.10. The van der Waals surface area contributed by atoms with Gasteiger partial charge in [-0.05, 0) is 28.1 Å². The fraction of sp³-hybridized carbons (Fsp3) is 0.308. The van der Waals surface area contributed by atoms with E-state index in [2.05, 4.69) is 32.4 Å². The lowest BCUT2D eigenvalue weighted by atomic mass is 9.80. The summed E-state index contributed by atoms with van der Waals surface area (Å²) in [5, 5.41) is 11.0. The summed E-state index contributed by atoms with van der Waals surface area (Å²) in [6.07, 6.45) is 2.66. The van der Waals surface area contributed by atoms with Gasteiger partial charge in [0.05, 0.1) is 10.0 Å². The summed E-state index contributed by atoms with van der Waals surface area (Å²) in [5.74, 6) is 1.16. The molecule has 1 aromatic heterocycles. The van der Waals surface area contributed by atoms with E-state index in [0.29, 0.717) is 28.6 Å². The average molecular weight is 362 g/mol. The van der Waals surface area contributed by atoms with Crippen LogP contribution < -0.4 is 0 Å². The Morgan fingerprint density at radius 1 is 1.42 bits per heavy atom. The Hall–Kier alpha value is -0.710. The van der Waals surface area contributed by atoms with Gasteiger partial charge < -0.3 is 9.67 Å². The predicted molar refractivity (Wildman–Crippen MR) is 79.1 cm³/mol. The minimum atomic E-state index is -0.297. The summed E-state index contributed by atoms with van der Waals surface area (Å²) in [5.41, 5.74) is 0.401. The number of nitrogens with zero attached hydrogens (tertiary/aromatic N) is 2. The summed E-state index contributed by atoms with van der Waals surface area (Å²) >= 11 is 15.7. The van der Waals surface area contributed by atoms with Gasteiger partial charge in [0, 0.05) is 30.1 Å². The van der Waals surface area contributed by atoms with E-state index in [1.165, 1.54) is 0 Å². The van der Waals surface area contributed by atoms with E-state index in [-0.39, 0.29) is 11.2 Å². The van der Waals surface area contributed by atoms with Crippen LogP contribution in [0, 0.1) is 0 Å². The molecule has 1 aliphatic heterocycles. The molecule has 19 heavy (non-hydrogen) atoms. The van der Waals surface area contributed by atoms with E-state index in [1.54, 1.807) is 12.1 Å². The molecule has 0 spiro atoms. The zero-order valence-electron chi connectivity index (χ0n) is 10.1. The van der Waals surface area contributed by atoms with Gasteiger partial charge in [0.15, 0.2) is 0 Å². The van der Waals surface area contributed by atoms with E-state index in [9.17, 15) is 5.11 Å². The largest absolute Gasteiger partial charge is 0.508 e. The number of aromatic nitrogens is 2. The number of phenols is 1. The molecule has 100 valence electrons. The Bertz CT molecular complexity index is 645. The SMILES string of the molecule is CC1(c2c(O)ccc(Cl)c2Cl)Cc2nc(Br)cn2C1. The van der Waals surface area contributed by atoms with Crippen molar-refractivity contribution in [1.82, 2.24) is 9.55 Å². The third kappa shape index (κ3) is 2.06. The van der Waals surface area contributed by atoms with Crippen molar-refractivity contribution in [3.63, 3.8) is 0 Å². The smallest absolute Gasteiger partial charge is 0.124 e. The Morgan fingerprint density at radius 3 is 2.84 bits per heavy atom. The lowest BCUT2D eigenvalue weighted by molar-refractivity contribution is 0.410. The first-order valence-electron chi connectivity index (χ1n) is 5.80. The van der Waals surface area contributed by atoms with E-state index in [1.807, 2.05) is 6.20 Å². The third-order valence-corrected chi connectivity index (χ3v) is 4.76. The minimum absolute atomic E-state index is 0.182. The minimum Gasteiger partial charge on any atom is -0.508 e. The highest BCUT2D eigenvalue weighted by atomic mass is 79.9. The lowest BCUT2D eigenvalue weighted by Gasteiger charge is -2.26. The molecular weight excluding hydrogens is 351 g/mol. The first-order valence-corrected chi connectivity index (χ1v) is 7.34. The highest BCUT2D eigenvalue weighted by Crippen LogP contribution is 2.45. The summed E-state index contributed by atoms with van der Waals surface area (Å²) in [4.78, 5) is 4.42. The summed E-state index contributed by atoms with van der Waals surface area (Å²) in [6, 6.07) is 3.20. The number of imidazole rings is 1. The first-order chi connectivity index (χ1) is 8.90. The van der Waals surface area contributed by atoms with Crippen LogP contribution in [-0.2, 0) is 18.4 Å². The van der Waals surface area contributed by atoms with Crippen molar-refractivity contribution in [3.8, 4) is 5.75 Å². The Labute approximate surface area is 129 Å². The van der Waals surface area contributed by atoms with Gasteiger partial charge in [-0.2, -0.15) is 0 Å². The summed E-state index contributed by atoms with van der Waals surface area (Å²) in [6.45, 7) is 2.78. The normalized spacial score (nSPS) is 21.7. The van der Waals surface area contributed by atoms with Crippen LogP contribution in [0.15, 0.2) is 22.9 Å². The summed E-state index contributed by atoms with van der Waals surface area (Å²) < 4.78 is 2.90. The maximum Gasteiger partial charge on any atom is 0.124 e. The van der Waals surface area contributed by atoms with Gasteiger partial charge in [-0.3, -0.25) is 0 Å². The second kappa shape index (κ2) is 4.40. The molecule has 3 rings (SSSR count).